The standard InChI is InChI=1S/C21H29BrN4O4S/c1-6-25(10-7-11-31(5,29)30)19-12-15(4)23-21(20(19)26(27)28)24-18-9-8-16(14(2)3)13-17(18)22/h8-9,12-14H,6-7,10-11H2,1-5H3,(H,23,24). The fourth-order valence-corrected chi connectivity index (χ4v) is 4.39. The normalized spacial score (nSPS) is 11.6. The van der Waals surface area contributed by atoms with Gasteiger partial charge in [-0.25, -0.2) is 13.4 Å². The molecule has 1 N–H and O–H groups in total. The molecule has 31 heavy (non-hydrogen) atoms. The van der Waals surface area contributed by atoms with Crippen molar-refractivity contribution in [2.24, 2.45) is 0 Å². The van der Waals surface area contributed by atoms with E-state index < -0.39 is 14.8 Å². The van der Waals surface area contributed by atoms with Crippen molar-refractivity contribution in [2.45, 2.75) is 40.0 Å². The number of nitrogens with zero attached hydrogens (tertiary/aromatic N) is 3. The minimum atomic E-state index is -3.10. The Kier molecular flexibility index (Phi) is 8.41. The Balaban J connectivity index is 2.45. The molecule has 1 aromatic heterocycles. The lowest BCUT2D eigenvalue weighted by atomic mass is 10.0. The first kappa shape index (κ1) is 25.1. The number of pyridine rings is 1. The van der Waals surface area contributed by atoms with Gasteiger partial charge in [0.15, 0.2) is 0 Å². The second-order valence-electron chi connectivity index (χ2n) is 7.82. The van der Waals surface area contributed by atoms with Gasteiger partial charge in [0.2, 0.25) is 5.82 Å². The molecule has 0 aliphatic heterocycles. The minimum Gasteiger partial charge on any atom is -0.366 e. The van der Waals surface area contributed by atoms with Crippen molar-refractivity contribution >= 4 is 48.6 Å². The quantitative estimate of drug-likeness (QED) is 0.344. The van der Waals surface area contributed by atoms with Crippen LogP contribution in [-0.4, -0.2) is 43.4 Å². The van der Waals surface area contributed by atoms with Crippen LogP contribution in [0.15, 0.2) is 28.7 Å². The molecule has 0 aliphatic rings. The van der Waals surface area contributed by atoms with Gasteiger partial charge in [0, 0.05) is 29.5 Å². The molecule has 0 bridgehead atoms. The molecule has 1 heterocycles. The topological polar surface area (TPSA) is 105 Å². The highest BCUT2D eigenvalue weighted by atomic mass is 79.9. The van der Waals surface area contributed by atoms with Gasteiger partial charge in [-0.05, 0) is 65.9 Å². The van der Waals surface area contributed by atoms with E-state index >= 15 is 0 Å². The highest BCUT2D eigenvalue weighted by Gasteiger charge is 2.26. The maximum Gasteiger partial charge on any atom is 0.334 e. The van der Waals surface area contributed by atoms with Gasteiger partial charge in [0.25, 0.3) is 0 Å². The summed E-state index contributed by atoms with van der Waals surface area (Å²) in [6.07, 6.45) is 1.57. The number of hydrogen-bond donors (Lipinski definition) is 1. The van der Waals surface area contributed by atoms with Crippen LogP contribution in [0.25, 0.3) is 0 Å². The molecule has 2 aromatic rings. The van der Waals surface area contributed by atoms with Crippen LogP contribution in [0.1, 0.15) is 44.4 Å². The van der Waals surface area contributed by atoms with E-state index in [1.54, 1.807) is 13.0 Å². The number of halogens is 1. The Bertz CT molecular complexity index is 1060. The summed E-state index contributed by atoms with van der Waals surface area (Å²) in [5, 5.41) is 15.1. The Morgan fingerprint density at radius 2 is 1.97 bits per heavy atom. The van der Waals surface area contributed by atoms with Crippen molar-refractivity contribution in [2.75, 3.05) is 35.3 Å². The number of aromatic nitrogens is 1. The third kappa shape index (κ3) is 6.90. The molecule has 0 spiro atoms. The van der Waals surface area contributed by atoms with E-state index in [2.05, 4.69) is 40.1 Å². The highest BCUT2D eigenvalue weighted by molar-refractivity contribution is 9.10. The molecule has 2 rings (SSSR count). The number of hydrogen-bond acceptors (Lipinski definition) is 7. The van der Waals surface area contributed by atoms with Gasteiger partial charge in [0.1, 0.15) is 15.5 Å². The molecule has 170 valence electrons. The molecule has 0 unspecified atom stereocenters. The molecule has 0 aliphatic carbocycles. The van der Waals surface area contributed by atoms with Crippen LogP contribution in [0.3, 0.4) is 0 Å². The number of nitro groups is 1. The summed E-state index contributed by atoms with van der Waals surface area (Å²) in [6.45, 7) is 8.74. The SMILES string of the molecule is CCN(CCCS(C)(=O)=O)c1cc(C)nc(Nc2ccc(C(C)C)cc2Br)c1[N+](=O)[O-]. The average Bonchev–Trinajstić information content (AvgIpc) is 2.65. The van der Waals surface area contributed by atoms with E-state index in [9.17, 15) is 18.5 Å². The zero-order valence-electron chi connectivity index (χ0n) is 18.5. The predicted molar refractivity (Wildman–Crippen MR) is 129 cm³/mol. The average molecular weight is 513 g/mol. The van der Waals surface area contributed by atoms with E-state index in [-0.39, 0.29) is 17.3 Å². The molecule has 8 nitrogen and oxygen atoms in total. The lowest BCUT2D eigenvalue weighted by molar-refractivity contribution is -0.383. The molecular weight excluding hydrogens is 484 g/mol. The second-order valence-corrected chi connectivity index (χ2v) is 10.9. The van der Waals surface area contributed by atoms with E-state index in [0.29, 0.717) is 42.5 Å². The third-order valence-corrected chi connectivity index (χ3v) is 6.55. The lowest BCUT2D eigenvalue weighted by Crippen LogP contribution is -2.27. The minimum absolute atomic E-state index is 0.0294. The Morgan fingerprint density at radius 1 is 1.29 bits per heavy atom. The van der Waals surface area contributed by atoms with Gasteiger partial charge in [0.05, 0.1) is 16.4 Å². The Morgan fingerprint density at radius 3 is 2.48 bits per heavy atom. The number of nitrogens with one attached hydrogen (secondary N) is 1. The second kappa shape index (κ2) is 10.4. The molecule has 0 atom stereocenters. The Hall–Kier alpha value is -2.20. The van der Waals surface area contributed by atoms with E-state index in [0.717, 1.165) is 10.0 Å². The van der Waals surface area contributed by atoms with Crippen molar-refractivity contribution < 1.29 is 13.3 Å². The summed E-state index contributed by atoms with van der Waals surface area (Å²) >= 11 is 3.54. The molecule has 0 amide bonds. The van der Waals surface area contributed by atoms with Crippen molar-refractivity contribution in [3.63, 3.8) is 0 Å². The first-order valence-electron chi connectivity index (χ1n) is 10.1. The van der Waals surface area contributed by atoms with Crippen LogP contribution >= 0.6 is 15.9 Å². The van der Waals surface area contributed by atoms with Gasteiger partial charge in [-0.3, -0.25) is 10.1 Å². The van der Waals surface area contributed by atoms with Crippen LogP contribution in [0.4, 0.5) is 22.9 Å². The molecule has 1 aromatic carbocycles. The Labute approximate surface area is 192 Å². The van der Waals surface area contributed by atoms with Gasteiger partial charge in [-0.2, -0.15) is 0 Å². The number of sulfone groups is 1. The zero-order chi connectivity index (χ0) is 23.3. The van der Waals surface area contributed by atoms with Crippen LogP contribution < -0.4 is 10.2 Å². The zero-order valence-corrected chi connectivity index (χ0v) is 20.9. The molecule has 0 fully saturated rings. The number of aryl methyl sites for hydroxylation is 1. The van der Waals surface area contributed by atoms with Crippen LogP contribution in [0, 0.1) is 17.0 Å². The maximum atomic E-state index is 12.0. The van der Waals surface area contributed by atoms with E-state index in [1.165, 1.54) is 6.26 Å². The van der Waals surface area contributed by atoms with Crippen molar-refractivity contribution in [3.05, 3.63) is 50.1 Å². The van der Waals surface area contributed by atoms with Gasteiger partial charge < -0.3 is 10.2 Å². The van der Waals surface area contributed by atoms with Crippen molar-refractivity contribution in [1.29, 1.82) is 0 Å². The fraction of sp³-hybridized carbons (Fsp3) is 0.476. The van der Waals surface area contributed by atoms with E-state index in [4.69, 9.17) is 0 Å². The first-order valence-corrected chi connectivity index (χ1v) is 12.9. The van der Waals surface area contributed by atoms with Crippen LogP contribution in [-0.2, 0) is 9.84 Å². The summed E-state index contributed by atoms with van der Waals surface area (Å²) in [4.78, 5) is 17.8. The predicted octanol–water partition coefficient (Wildman–Crippen LogP) is 5.19. The first-order chi connectivity index (χ1) is 14.4. The molecule has 0 saturated carbocycles. The highest BCUT2D eigenvalue weighted by Crippen LogP contribution is 2.38. The van der Waals surface area contributed by atoms with Gasteiger partial charge >= 0.3 is 5.69 Å². The summed E-state index contributed by atoms with van der Waals surface area (Å²) in [5.41, 5.74) is 2.74. The summed E-state index contributed by atoms with van der Waals surface area (Å²) in [6, 6.07) is 7.50. The number of rotatable bonds is 10. The smallest absolute Gasteiger partial charge is 0.334 e. The summed E-state index contributed by atoms with van der Waals surface area (Å²) < 4.78 is 23.7. The third-order valence-electron chi connectivity index (χ3n) is 4.86. The largest absolute Gasteiger partial charge is 0.366 e. The fourth-order valence-electron chi connectivity index (χ4n) is 3.24. The molecular formula is C21H29BrN4O4S. The number of benzene rings is 1. The molecule has 10 heteroatoms. The van der Waals surface area contributed by atoms with Crippen molar-refractivity contribution in [3.8, 4) is 0 Å². The number of anilines is 3. The monoisotopic (exact) mass is 512 g/mol. The maximum absolute atomic E-state index is 12.0. The lowest BCUT2D eigenvalue weighted by Gasteiger charge is -2.24. The van der Waals surface area contributed by atoms with Crippen molar-refractivity contribution in [1.82, 2.24) is 4.98 Å². The molecule has 0 radical (unpaired) electrons. The van der Waals surface area contributed by atoms with Gasteiger partial charge in [-0.15, -0.1) is 0 Å². The van der Waals surface area contributed by atoms with Crippen LogP contribution in [0.5, 0.6) is 0 Å². The van der Waals surface area contributed by atoms with Crippen LogP contribution in [0.2, 0.25) is 0 Å². The van der Waals surface area contributed by atoms with Gasteiger partial charge in [-0.1, -0.05) is 19.9 Å². The molecule has 0 saturated heterocycles. The summed E-state index contributed by atoms with van der Waals surface area (Å²) in [5.74, 6) is 0.537. The van der Waals surface area contributed by atoms with E-state index in [1.807, 2.05) is 30.0 Å². The summed E-state index contributed by atoms with van der Waals surface area (Å²) in [7, 11) is -3.10.